The van der Waals surface area contributed by atoms with Gasteiger partial charge in [-0.05, 0) is 24.7 Å². The number of carbonyl (C=O) groups is 1. The Morgan fingerprint density at radius 2 is 2.06 bits per heavy atom. The van der Waals surface area contributed by atoms with Crippen LogP contribution in [0.5, 0.6) is 0 Å². The third-order valence-electron chi connectivity index (χ3n) is 2.54. The molecule has 0 heterocycles. The van der Waals surface area contributed by atoms with Crippen LogP contribution in [-0.2, 0) is 11.3 Å². The molecule has 1 N–H and O–H groups in total. The van der Waals surface area contributed by atoms with Crippen LogP contribution in [-0.4, -0.2) is 29.6 Å². The van der Waals surface area contributed by atoms with Crippen LogP contribution in [0.2, 0.25) is 0 Å². The van der Waals surface area contributed by atoms with Crippen molar-refractivity contribution in [2.45, 2.75) is 13.5 Å². The second kappa shape index (κ2) is 6.02. The van der Waals surface area contributed by atoms with Crippen LogP contribution in [0.4, 0.5) is 0 Å². The second-order valence-electron chi connectivity index (χ2n) is 4.24. The lowest BCUT2D eigenvalue weighted by Crippen LogP contribution is -2.28. The fraction of sp³-hybridized carbons (Fsp3) is 0.385. The number of benzene rings is 1. The highest BCUT2D eigenvalue weighted by atomic mass is 16.4. The molecule has 1 aromatic rings. The van der Waals surface area contributed by atoms with Crippen molar-refractivity contribution in [3.63, 3.8) is 0 Å². The molecule has 0 aliphatic heterocycles. The summed E-state index contributed by atoms with van der Waals surface area (Å²) in [4.78, 5) is 12.7. The molecule has 0 saturated heterocycles. The standard InChI is InChI=1S/C13H16N2O2/c1-10(13(16)17)8-15(2)9-12-5-3-11(7-14)4-6-12/h3-6,10H,8-9H2,1-2H3,(H,16,17). The van der Waals surface area contributed by atoms with Crippen molar-refractivity contribution in [1.29, 1.82) is 5.26 Å². The first-order valence-corrected chi connectivity index (χ1v) is 5.43. The van der Waals surface area contributed by atoms with Gasteiger partial charge in [-0.3, -0.25) is 4.79 Å². The minimum atomic E-state index is -0.781. The highest BCUT2D eigenvalue weighted by Crippen LogP contribution is 2.07. The van der Waals surface area contributed by atoms with E-state index in [4.69, 9.17) is 10.4 Å². The number of carboxylic acids is 1. The molecule has 1 unspecified atom stereocenters. The van der Waals surface area contributed by atoms with Crippen molar-refractivity contribution < 1.29 is 9.90 Å². The van der Waals surface area contributed by atoms with Crippen LogP contribution in [0.1, 0.15) is 18.1 Å². The molecule has 0 bridgehead atoms. The van der Waals surface area contributed by atoms with E-state index in [1.54, 1.807) is 19.1 Å². The molecular weight excluding hydrogens is 216 g/mol. The number of carboxylic acid groups (broad SMARTS) is 1. The van der Waals surface area contributed by atoms with E-state index >= 15 is 0 Å². The summed E-state index contributed by atoms with van der Waals surface area (Å²) < 4.78 is 0. The molecule has 0 aromatic heterocycles. The number of aliphatic carboxylic acids is 1. The van der Waals surface area contributed by atoms with Crippen molar-refractivity contribution in [2.75, 3.05) is 13.6 Å². The van der Waals surface area contributed by atoms with Gasteiger partial charge in [0.2, 0.25) is 0 Å². The van der Waals surface area contributed by atoms with Crippen molar-refractivity contribution >= 4 is 5.97 Å². The Bertz CT molecular complexity index is 420. The van der Waals surface area contributed by atoms with Gasteiger partial charge >= 0.3 is 5.97 Å². The Labute approximate surface area is 101 Å². The maximum absolute atomic E-state index is 10.7. The summed E-state index contributed by atoms with van der Waals surface area (Å²) in [5, 5.41) is 17.5. The van der Waals surface area contributed by atoms with Gasteiger partial charge in [-0.25, -0.2) is 0 Å². The van der Waals surface area contributed by atoms with Crippen molar-refractivity contribution in [1.82, 2.24) is 4.90 Å². The maximum atomic E-state index is 10.7. The van der Waals surface area contributed by atoms with Gasteiger partial charge in [0.15, 0.2) is 0 Å². The lowest BCUT2D eigenvalue weighted by atomic mass is 10.1. The molecule has 17 heavy (non-hydrogen) atoms. The molecular formula is C13H16N2O2. The zero-order valence-electron chi connectivity index (χ0n) is 10.1. The van der Waals surface area contributed by atoms with Gasteiger partial charge in [-0.15, -0.1) is 0 Å². The smallest absolute Gasteiger partial charge is 0.307 e. The zero-order valence-corrected chi connectivity index (χ0v) is 10.1. The summed E-state index contributed by atoms with van der Waals surface area (Å²) in [5.74, 6) is -1.16. The minimum Gasteiger partial charge on any atom is -0.481 e. The number of rotatable bonds is 5. The summed E-state index contributed by atoms with van der Waals surface area (Å²) in [6.45, 7) is 2.89. The summed E-state index contributed by atoms with van der Waals surface area (Å²) in [7, 11) is 1.89. The van der Waals surface area contributed by atoms with E-state index in [0.717, 1.165) is 5.56 Å². The van der Waals surface area contributed by atoms with Crippen molar-refractivity contribution in [2.24, 2.45) is 5.92 Å². The van der Waals surface area contributed by atoms with Crippen molar-refractivity contribution in [3.8, 4) is 6.07 Å². The van der Waals surface area contributed by atoms with Gasteiger partial charge in [0.05, 0.1) is 17.6 Å². The Kier molecular flexibility index (Phi) is 4.68. The Balaban J connectivity index is 2.53. The van der Waals surface area contributed by atoms with E-state index in [9.17, 15) is 4.79 Å². The molecule has 4 heteroatoms. The molecule has 0 amide bonds. The zero-order chi connectivity index (χ0) is 12.8. The van der Waals surface area contributed by atoms with Gasteiger partial charge in [-0.2, -0.15) is 5.26 Å². The van der Waals surface area contributed by atoms with Gasteiger partial charge in [0.1, 0.15) is 0 Å². The number of nitriles is 1. The predicted molar refractivity (Wildman–Crippen MR) is 64.3 cm³/mol. The van der Waals surface area contributed by atoms with Crippen LogP contribution < -0.4 is 0 Å². The van der Waals surface area contributed by atoms with E-state index in [-0.39, 0.29) is 5.92 Å². The van der Waals surface area contributed by atoms with E-state index in [1.165, 1.54) is 0 Å². The van der Waals surface area contributed by atoms with Crippen LogP contribution in [0.25, 0.3) is 0 Å². The van der Waals surface area contributed by atoms with Crippen molar-refractivity contribution in [3.05, 3.63) is 35.4 Å². The summed E-state index contributed by atoms with van der Waals surface area (Å²) in [5.41, 5.74) is 1.71. The highest BCUT2D eigenvalue weighted by Gasteiger charge is 2.13. The van der Waals surface area contributed by atoms with Gasteiger partial charge < -0.3 is 10.0 Å². The Morgan fingerprint density at radius 3 is 2.53 bits per heavy atom. The van der Waals surface area contributed by atoms with Gasteiger partial charge in [0, 0.05) is 13.1 Å². The third-order valence-corrected chi connectivity index (χ3v) is 2.54. The van der Waals surface area contributed by atoms with Crippen LogP contribution in [0, 0.1) is 17.2 Å². The largest absolute Gasteiger partial charge is 0.481 e. The normalized spacial score (nSPS) is 12.1. The highest BCUT2D eigenvalue weighted by molar-refractivity contribution is 5.69. The Morgan fingerprint density at radius 1 is 1.47 bits per heavy atom. The van der Waals surface area contributed by atoms with Crippen LogP contribution in [0.15, 0.2) is 24.3 Å². The molecule has 0 aliphatic rings. The van der Waals surface area contributed by atoms with E-state index in [1.807, 2.05) is 24.1 Å². The van der Waals surface area contributed by atoms with Crippen LogP contribution in [0.3, 0.4) is 0 Å². The fourth-order valence-electron chi connectivity index (χ4n) is 1.61. The third kappa shape index (κ3) is 4.25. The molecule has 0 fully saturated rings. The van der Waals surface area contributed by atoms with Gasteiger partial charge in [-0.1, -0.05) is 19.1 Å². The first kappa shape index (κ1) is 13.2. The minimum absolute atomic E-state index is 0.376. The molecule has 1 aromatic carbocycles. The topological polar surface area (TPSA) is 64.3 Å². The molecule has 0 saturated carbocycles. The Hall–Kier alpha value is -1.86. The molecule has 1 rings (SSSR count). The average molecular weight is 232 g/mol. The SMILES string of the molecule is CC(CN(C)Cc1ccc(C#N)cc1)C(=O)O. The monoisotopic (exact) mass is 232 g/mol. The fourth-order valence-corrected chi connectivity index (χ4v) is 1.61. The van der Waals surface area contributed by atoms with E-state index in [2.05, 4.69) is 6.07 Å². The molecule has 4 nitrogen and oxygen atoms in total. The maximum Gasteiger partial charge on any atom is 0.307 e. The molecule has 1 atom stereocenters. The number of hydrogen-bond donors (Lipinski definition) is 1. The van der Waals surface area contributed by atoms with E-state index in [0.29, 0.717) is 18.7 Å². The summed E-state index contributed by atoms with van der Waals surface area (Å²) in [6, 6.07) is 9.38. The summed E-state index contributed by atoms with van der Waals surface area (Å²) in [6.07, 6.45) is 0. The van der Waals surface area contributed by atoms with Crippen LogP contribution >= 0.6 is 0 Å². The lowest BCUT2D eigenvalue weighted by Gasteiger charge is -2.18. The summed E-state index contributed by atoms with van der Waals surface area (Å²) >= 11 is 0. The molecule has 0 radical (unpaired) electrons. The predicted octanol–water partition coefficient (Wildman–Crippen LogP) is 1.71. The van der Waals surface area contributed by atoms with E-state index < -0.39 is 5.97 Å². The number of nitrogens with zero attached hydrogens (tertiary/aromatic N) is 2. The average Bonchev–Trinajstić information content (AvgIpc) is 2.29. The molecule has 90 valence electrons. The first-order valence-electron chi connectivity index (χ1n) is 5.43. The first-order chi connectivity index (χ1) is 8.02. The lowest BCUT2D eigenvalue weighted by molar-refractivity contribution is -0.141. The van der Waals surface area contributed by atoms with Gasteiger partial charge in [0.25, 0.3) is 0 Å². The quantitative estimate of drug-likeness (QED) is 0.839. The second-order valence-corrected chi connectivity index (χ2v) is 4.24. The number of hydrogen-bond acceptors (Lipinski definition) is 3. The molecule has 0 aliphatic carbocycles. The molecule has 0 spiro atoms.